The van der Waals surface area contributed by atoms with E-state index in [2.05, 4.69) is 44.1 Å². The van der Waals surface area contributed by atoms with Crippen molar-refractivity contribution in [2.45, 2.75) is 20.8 Å². The molecule has 0 fully saturated rings. The minimum atomic E-state index is 0.962. The van der Waals surface area contributed by atoms with Crippen LogP contribution >= 0.6 is 0 Å². The molecule has 0 heterocycles. The topological polar surface area (TPSA) is 24.1 Å². The Balaban J connectivity index is 3.50. The second kappa shape index (κ2) is 4.39. The minimum Gasteiger partial charge on any atom is -0.388 e. The Morgan fingerprint density at radius 3 is 2.20 bits per heavy atom. The van der Waals surface area contributed by atoms with Gasteiger partial charge in [0, 0.05) is 31.0 Å². The number of rotatable bonds is 3. The molecule has 0 aromatic heterocycles. The highest BCUT2D eigenvalue weighted by molar-refractivity contribution is 5.79. The first kappa shape index (κ1) is 11.6. The molecule has 0 aliphatic rings. The van der Waals surface area contributed by atoms with E-state index in [1.54, 1.807) is 0 Å². The van der Waals surface area contributed by atoms with E-state index in [4.69, 9.17) is 0 Å². The van der Waals surface area contributed by atoms with E-state index in [1.807, 2.05) is 14.1 Å². The third-order valence-electron chi connectivity index (χ3n) is 2.90. The molecule has 2 N–H and O–H groups in total. The third kappa shape index (κ3) is 1.99. The number of aryl methyl sites for hydroxylation is 2. The van der Waals surface area contributed by atoms with Crippen molar-refractivity contribution in [3.63, 3.8) is 0 Å². The molecule has 0 aliphatic heterocycles. The second-order valence-corrected chi connectivity index (χ2v) is 3.86. The zero-order valence-electron chi connectivity index (χ0n) is 10.3. The van der Waals surface area contributed by atoms with Crippen molar-refractivity contribution in [2.75, 3.05) is 19.4 Å². The summed E-state index contributed by atoms with van der Waals surface area (Å²) < 4.78 is 0. The highest BCUT2D eigenvalue weighted by atomic mass is 14.9. The predicted molar refractivity (Wildman–Crippen MR) is 68.3 cm³/mol. The van der Waals surface area contributed by atoms with Crippen LogP contribution in [0.3, 0.4) is 0 Å². The lowest BCUT2D eigenvalue weighted by atomic mass is 9.95. The summed E-state index contributed by atoms with van der Waals surface area (Å²) in [6.45, 7) is 10.4. The summed E-state index contributed by atoms with van der Waals surface area (Å²) in [6.07, 6.45) is 0. The Morgan fingerprint density at radius 2 is 1.73 bits per heavy atom. The zero-order valence-corrected chi connectivity index (χ0v) is 10.3. The first-order valence-electron chi connectivity index (χ1n) is 5.18. The molecule has 0 saturated carbocycles. The van der Waals surface area contributed by atoms with Crippen LogP contribution in [0.15, 0.2) is 12.6 Å². The average Bonchev–Trinajstić information content (AvgIpc) is 2.21. The normalized spacial score (nSPS) is 9.93. The fraction of sp³-hybridized carbons (Fsp3) is 0.385. The van der Waals surface area contributed by atoms with Gasteiger partial charge in [-0.1, -0.05) is 12.6 Å². The molecule has 2 heteroatoms. The monoisotopic (exact) mass is 204 g/mol. The standard InChI is InChI=1S/C13H20N2/c1-8-7-9(2)13(15-6)12(10(8)3)11(4)14-5/h7,14-15H,4H2,1-3,5-6H3. The molecule has 0 atom stereocenters. The van der Waals surface area contributed by atoms with E-state index < -0.39 is 0 Å². The Hall–Kier alpha value is -1.44. The van der Waals surface area contributed by atoms with Gasteiger partial charge in [-0.15, -0.1) is 0 Å². The summed E-state index contributed by atoms with van der Waals surface area (Å²) >= 11 is 0. The van der Waals surface area contributed by atoms with Crippen LogP contribution in [0.25, 0.3) is 5.70 Å². The van der Waals surface area contributed by atoms with E-state index in [0.29, 0.717) is 0 Å². The Kier molecular flexibility index (Phi) is 3.40. The fourth-order valence-corrected chi connectivity index (χ4v) is 1.91. The second-order valence-electron chi connectivity index (χ2n) is 3.86. The molecule has 15 heavy (non-hydrogen) atoms. The molecule has 82 valence electrons. The fourth-order valence-electron chi connectivity index (χ4n) is 1.91. The van der Waals surface area contributed by atoms with Crippen molar-refractivity contribution in [1.29, 1.82) is 0 Å². The summed E-state index contributed by atoms with van der Waals surface area (Å²) in [6, 6.07) is 2.20. The first-order chi connectivity index (χ1) is 7.02. The molecule has 0 radical (unpaired) electrons. The van der Waals surface area contributed by atoms with Gasteiger partial charge in [-0.3, -0.25) is 0 Å². The average molecular weight is 204 g/mol. The number of anilines is 1. The molecule has 0 spiro atoms. The van der Waals surface area contributed by atoms with Gasteiger partial charge in [0.25, 0.3) is 0 Å². The van der Waals surface area contributed by atoms with Crippen LogP contribution in [-0.4, -0.2) is 14.1 Å². The Morgan fingerprint density at radius 1 is 1.13 bits per heavy atom. The maximum Gasteiger partial charge on any atom is 0.0464 e. The Bertz CT molecular complexity index is 392. The molecule has 0 aliphatic carbocycles. The summed E-state index contributed by atoms with van der Waals surface area (Å²) in [4.78, 5) is 0. The van der Waals surface area contributed by atoms with Gasteiger partial charge >= 0.3 is 0 Å². The van der Waals surface area contributed by atoms with Crippen molar-refractivity contribution < 1.29 is 0 Å². The Labute approximate surface area is 92.4 Å². The van der Waals surface area contributed by atoms with E-state index >= 15 is 0 Å². The van der Waals surface area contributed by atoms with Crippen LogP contribution < -0.4 is 10.6 Å². The largest absolute Gasteiger partial charge is 0.388 e. The molecule has 1 aromatic rings. The van der Waals surface area contributed by atoms with Crippen molar-refractivity contribution in [1.82, 2.24) is 5.32 Å². The van der Waals surface area contributed by atoms with Gasteiger partial charge in [-0.25, -0.2) is 0 Å². The van der Waals surface area contributed by atoms with E-state index in [9.17, 15) is 0 Å². The van der Waals surface area contributed by atoms with E-state index in [-0.39, 0.29) is 0 Å². The quantitative estimate of drug-likeness (QED) is 0.791. The number of hydrogen-bond acceptors (Lipinski definition) is 2. The molecule has 1 rings (SSSR count). The van der Waals surface area contributed by atoms with Crippen molar-refractivity contribution >= 4 is 11.4 Å². The smallest absolute Gasteiger partial charge is 0.0464 e. The van der Waals surface area contributed by atoms with Gasteiger partial charge in [0.05, 0.1) is 0 Å². The van der Waals surface area contributed by atoms with Crippen molar-refractivity contribution in [3.05, 3.63) is 34.9 Å². The lowest BCUT2D eigenvalue weighted by molar-refractivity contribution is 1.11. The molecule has 2 nitrogen and oxygen atoms in total. The van der Waals surface area contributed by atoms with Gasteiger partial charge in [0.1, 0.15) is 0 Å². The van der Waals surface area contributed by atoms with E-state index in [1.165, 1.54) is 22.3 Å². The van der Waals surface area contributed by atoms with Gasteiger partial charge in [-0.05, 0) is 37.5 Å². The summed E-state index contributed by atoms with van der Waals surface area (Å²) in [5.74, 6) is 0. The molecule has 0 amide bonds. The molecule has 0 unspecified atom stereocenters. The summed E-state index contributed by atoms with van der Waals surface area (Å²) in [5.41, 5.74) is 7.16. The highest BCUT2D eigenvalue weighted by Crippen LogP contribution is 2.30. The maximum absolute atomic E-state index is 4.04. The lowest BCUT2D eigenvalue weighted by Gasteiger charge is -2.19. The van der Waals surface area contributed by atoms with Gasteiger partial charge < -0.3 is 10.6 Å². The van der Waals surface area contributed by atoms with Crippen LogP contribution in [-0.2, 0) is 0 Å². The van der Waals surface area contributed by atoms with Crippen LogP contribution in [0.4, 0.5) is 5.69 Å². The first-order valence-corrected chi connectivity index (χ1v) is 5.18. The van der Waals surface area contributed by atoms with Crippen LogP contribution in [0.5, 0.6) is 0 Å². The highest BCUT2D eigenvalue weighted by Gasteiger charge is 2.12. The molecular weight excluding hydrogens is 184 g/mol. The zero-order chi connectivity index (χ0) is 11.6. The third-order valence-corrected chi connectivity index (χ3v) is 2.90. The molecule has 1 aromatic carbocycles. The van der Waals surface area contributed by atoms with Crippen LogP contribution in [0.2, 0.25) is 0 Å². The predicted octanol–water partition coefficient (Wildman–Crippen LogP) is 2.84. The summed E-state index contributed by atoms with van der Waals surface area (Å²) in [7, 11) is 3.85. The number of hydrogen-bond donors (Lipinski definition) is 2. The molecule has 0 bridgehead atoms. The van der Waals surface area contributed by atoms with Crippen molar-refractivity contribution in [3.8, 4) is 0 Å². The minimum absolute atomic E-state index is 0.962. The van der Waals surface area contributed by atoms with Gasteiger partial charge in [0.15, 0.2) is 0 Å². The number of nitrogens with one attached hydrogen (secondary N) is 2. The number of benzene rings is 1. The van der Waals surface area contributed by atoms with Crippen molar-refractivity contribution in [2.24, 2.45) is 0 Å². The summed E-state index contributed by atoms with van der Waals surface area (Å²) in [5, 5.41) is 6.36. The van der Waals surface area contributed by atoms with Gasteiger partial charge in [-0.2, -0.15) is 0 Å². The van der Waals surface area contributed by atoms with E-state index in [0.717, 1.165) is 11.4 Å². The SMILES string of the molecule is C=C(NC)c1c(C)c(C)cc(C)c1NC. The molecule has 0 saturated heterocycles. The maximum atomic E-state index is 4.04. The van der Waals surface area contributed by atoms with Crippen LogP contribution in [0, 0.1) is 20.8 Å². The van der Waals surface area contributed by atoms with Gasteiger partial charge in [0.2, 0.25) is 0 Å². The lowest BCUT2D eigenvalue weighted by Crippen LogP contribution is -2.09. The molecular formula is C13H20N2. The van der Waals surface area contributed by atoms with Crippen LogP contribution in [0.1, 0.15) is 22.3 Å².